The quantitative estimate of drug-likeness (QED) is 0.0527. The molecule has 0 aromatic carbocycles. The second-order valence-corrected chi connectivity index (χ2v) is 17.7. The van der Waals surface area contributed by atoms with Gasteiger partial charge in [-0.15, -0.1) is 0 Å². The fourth-order valence-corrected chi connectivity index (χ4v) is 14.8. The van der Waals surface area contributed by atoms with Crippen LogP contribution in [0.2, 0.25) is 0 Å². The molecule has 0 aliphatic heterocycles. The van der Waals surface area contributed by atoms with Gasteiger partial charge in [0.2, 0.25) is 0 Å². The summed E-state index contributed by atoms with van der Waals surface area (Å²) in [4.78, 5) is 105. The monoisotopic (exact) mass is 622 g/mol. The van der Waals surface area contributed by atoms with Gasteiger partial charge in [-0.2, -0.15) is 0 Å². The van der Waals surface area contributed by atoms with Gasteiger partial charge in [-0.25, -0.2) is 0 Å². The van der Waals surface area contributed by atoms with E-state index in [1.807, 2.05) is 0 Å². The molecule has 0 aliphatic rings. The highest BCUT2D eigenvalue weighted by Crippen LogP contribution is 2.68. The average molecular weight is 622 g/mol. The van der Waals surface area contributed by atoms with Gasteiger partial charge < -0.3 is 62.9 Å². The largest absolute Gasteiger partial charge is 0.445 e. The molecule has 0 saturated heterocycles. The zero-order valence-electron chi connectivity index (χ0n) is 17.0. The summed E-state index contributed by atoms with van der Waals surface area (Å²) in [6.45, 7) is 1.32. The lowest BCUT2D eigenvalue weighted by molar-refractivity contribution is 0.282. The van der Waals surface area contributed by atoms with Crippen LogP contribution in [0.3, 0.4) is 0 Å². The molecule has 0 fully saturated rings. The fourth-order valence-electron chi connectivity index (χ4n) is 2.86. The lowest BCUT2D eigenvalue weighted by Crippen LogP contribution is -2.46. The van der Waals surface area contributed by atoms with Gasteiger partial charge in [-0.1, -0.05) is 0 Å². The van der Waals surface area contributed by atoms with Crippen molar-refractivity contribution in [2.24, 2.45) is 0 Å². The maximum Gasteiger partial charge on any atom is 0.445 e. The minimum atomic E-state index is -6.29. The third-order valence-corrected chi connectivity index (χ3v) is 13.3. The second-order valence-electron chi connectivity index (χ2n) is 6.88. The molecule has 34 heavy (non-hydrogen) atoms. The maximum absolute atomic E-state index is 12.2. The van der Waals surface area contributed by atoms with E-state index in [0.717, 1.165) is 0 Å². The molecule has 19 nitrogen and oxygen atoms in total. The SMILES string of the molecule is CCOBOP(=O)(O)CC(C(C(C(CP(=O)(O)O)P(=O)(O)O)P(=O)(O)O)P(=O)(O)O)P(=O)(O)O. The molecule has 0 heterocycles. The highest BCUT2D eigenvalue weighted by Gasteiger charge is 2.62. The Hall–Kier alpha value is 0.925. The Labute approximate surface area is 192 Å². The Bertz CT molecular complexity index is 967. The standard InChI is InChI=1S/C8H25BO19P6/c1-2-27-9-28-30(13,14)4-6(32(18,19)20)8(34(24,25)26)7(33(21,22)23)5(31(15,16)17)3-29(10,11)12/h5-9H,2-4H2,1H3,(H,13,14)(H2,10,11,12)(H2,15,16,17)(H2,18,19,20)(H2,21,22,23)(H2,24,25,26). The van der Waals surface area contributed by atoms with E-state index in [9.17, 15) is 71.4 Å². The van der Waals surface area contributed by atoms with Crippen molar-refractivity contribution in [1.82, 2.24) is 0 Å². The summed E-state index contributed by atoms with van der Waals surface area (Å²) in [5, 5.41) is 0. The van der Waals surface area contributed by atoms with Crippen LogP contribution in [-0.2, 0) is 36.5 Å². The molecular weight excluding hydrogens is 597 g/mol. The summed E-state index contributed by atoms with van der Waals surface area (Å²) in [7, 11) is -36.5. The van der Waals surface area contributed by atoms with Crippen molar-refractivity contribution in [3.05, 3.63) is 0 Å². The molecule has 5 unspecified atom stereocenters. The van der Waals surface area contributed by atoms with Gasteiger partial charge in [0.15, 0.2) is 0 Å². The topological polar surface area (TPSA) is 343 Å². The summed E-state index contributed by atoms with van der Waals surface area (Å²) in [6, 6.07) is 0. The van der Waals surface area contributed by atoms with Crippen LogP contribution in [0.15, 0.2) is 0 Å². The van der Waals surface area contributed by atoms with Gasteiger partial charge in [0.1, 0.15) is 0 Å². The molecule has 0 rings (SSSR count). The summed E-state index contributed by atoms with van der Waals surface area (Å²) in [6.07, 6.45) is -3.98. The Balaban J connectivity index is 7.09. The molecule has 11 N–H and O–H groups in total. The van der Waals surface area contributed by atoms with Gasteiger partial charge in [0.05, 0.1) is 35.0 Å². The predicted molar refractivity (Wildman–Crippen MR) is 115 cm³/mol. The van der Waals surface area contributed by atoms with Crippen LogP contribution in [0.5, 0.6) is 0 Å². The van der Waals surface area contributed by atoms with Crippen LogP contribution in [0.1, 0.15) is 6.92 Å². The highest BCUT2D eigenvalue weighted by molar-refractivity contribution is 7.63. The van der Waals surface area contributed by atoms with E-state index in [0.29, 0.717) is 0 Å². The predicted octanol–water partition coefficient (Wildman–Crippen LogP) is -2.15. The molecule has 0 aromatic rings. The van der Waals surface area contributed by atoms with Crippen LogP contribution in [0.4, 0.5) is 0 Å². The first-order valence-electron chi connectivity index (χ1n) is 8.53. The summed E-state index contributed by atoms with van der Waals surface area (Å²) >= 11 is 0. The number of hydrogen-bond acceptors (Lipinski definition) is 8. The molecule has 0 amide bonds. The van der Waals surface area contributed by atoms with Crippen molar-refractivity contribution >= 4 is 53.3 Å². The first kappa shape index (κ1) is 34.9. The maximum atomic E-state index is 12.2. The van der Waals surface area contributed by atoms with Crippen LogP contribution in [0, 0.1) is 0 Å². The fraction of sp³-hybridized carbons (Fsp3) is 1.00. The van der Waals surface area contributed by atoms with Crippen molar-refractivity contribution in [2.45, 2.75) is 29.6 Å². The van der Waals surface area contributed by atoms with Crippen molar-refractivity contribution < 1.29 is 90.3 Å². The van der Waals surface area contributed by atoms with E-state index in [2.05, 4.69) is 9.10 Å². The van der Waals surface area contributed by atoms with Gasteiger partial charge in [0.25, 0.3) is 0 Å². The molecule has 0 radical (unpaired) electrons. The van der Waals surface area contributed by atoms with E-state index in [4.69, 9.17) is 9.79 Å². The summed E-state index contributed by atoms with van der Waals surface area (Å²) < 4.78 is 80.8. The van der Waals surface area contributed by atoms with Crippen molar-refractivity contribution in [3.8, 4) is 0 Å². The molecule has 0 aliphatic carbocycles. The van der Waals surface area contributed by atoms with Crippen molar-refractivity contribution in [1.29, 1.82) is 0 Å². The molecule has 0 spiro atoms. The van der Waals surface area contributed by atoms with E-state index in [1.165, 1.54) is 6.92 Å². The minimum Gasteiger partial charge on any atom is -0.414 e. The van der Waals surface area contributed by atoms with Gasteiger partial charge in [-0.3, -0.25) is 27.4 Å². The molecule has 0 aromatic heterocycles. The lowest BCUT2D eigenvalue weighted by atomic mass is 10.2. The number of rotatable bonds is 15. The van der Waals surface area contributed by atoms with Gasteiger partial charge in [-0.05, 0) is 6.92 Å². The Morgan fingerprint density at radius 1 is 0.618 bits per heavy atom. The van der Waals surface area contributed by atoms with Gasteiger partial charge in [0, 0.05) is 6.61 Å². The van der Waals surface area contributed by atoms with Crippen LogP contribution in [-0.4, -0.2) is 103 Å². The lowest BCUT2D eigenvalue weighted by Gasteiger charge is -2.38. The second kappa shape index (κ2) is 12.2. The van der Waals surface area contributed by atoms with E-state index in [-0.39, 0.29) is 6.61 Å². The Morgan fingerprint density at radius 2 is 0.971 bits per heavy atom. The smallest absolute Gasteiger partial charge is 0.414 e. The minimum absolute atomic E-state index is 0.0837. The molecule has 0 saturated carbocycles. The molecule has 26 heteroatoms. The van der Waals surface area contributed by atoms with Crippen LogP contribution >= 0.6 is 45.6 Å². The highest BCUT2D eigenvalue weighted by atomic mass is 31.2. The third kappa shape index (κ3) is 12.0. The summed E-state index contributed by atoms with van der Waals surface area (Å²) in [5.74, 6) is 0. The zero-order chi connectivity index (χ0) is 27.6. The third-order valence-electron chi connectivity index (χ3n) is 4.16. The Kier molecular flexibility index (Phi) is 12.5. The van der Waals surface area contributed by atoms with E-state index >= 15 is 0 Å². The van der Waals surface area contributed by atoms with Crippen LogP contribution in [0.25, 0.3) is 0 Å². The van der Waals surface area contributed by atoms with Crippen LogP contribution < -0.4 is 0 Å². The molecule has 5 atom stereocenters. The van der Waals surface area contributed by atoms with Gasteiger partial charge >= 0.3 is 53.3 Å². The number of hydrogen-bond donors (Lipinski definition) is 11. The first-order chi connectivity index (χ1) is 14.7. The zero-order valence-corrected chi connectivity index (χ0v) is 22.4. The van der Waals surface area contributed by atoms with Crippen molar-refractivity contribution in [2.75, 3.05) is 18.9 Å². The normalized spacial score (nSPS) is 19.6. The summed E-state index contributed by atoms with van der Waals surface area (Å²) in [5.41, 5.74) is -13.4. The first-order valence-corrected chi connectivity index (χ1v) is 18.8. The Morgan fingerprint density at radius 3 is 1.24 bits per heavy atom. The molecule has 204 valence electrons. The molecular formula is C8H25BO19P6. The molecule has 0 bridgehead atoms. The van der Waals surface area contributed by atoms with E-state index in [1.54, 1.807) is 0 Å². The average Bonchev–Trinajstić information content (AvgIpc) is 2.51. The van der Waals surface area contributed by atoms with Crippen molar-refractivity contribution in [3.63, 3.8) is 0 Å². The van der Waals surface area contributed by atoms with E-state index < -0.39 is 88.2 Å².